The molecule has 0 saturated heterocycles. The molecule has 0 bridgehead atoms. The monoisotopic (exact) mass is 388 g/mol. The van der Waals surface area contributed by atoms with Gasteiger partial charge in [0.05, 0.1) is 11.9 Å². The Hall–Kier alpha value is -2.28. The van der Waals surface area contributed by atoms with Crippen LogP contribution in [0.5, 0.6) is 0 Å². The Morgan fingerprint density at radius 2 is 1.92 bits per heavy atom. The Labute approximate surface area is 148 Å². The summed E-state index contributed by atoms with van der Waals surface area (Å²) in [4.78, 5) is 32.7. The maximum Gasteiger partial charge on any atom is 0.270 e. The number of halogens is 1. The highest BCUT2D eigenvalue weighted by molar-refractivity contribution is 9.10. The van der Waals surface area contributed by atoms with Gasteiger partial charge in [-0.2, -0.15) is 0 Å². The van der Waals surface area contributed by atoms with Crippen molar-refractivity contribution >= 4 is 33.4 Å². The number of nitrogens with zero attached hydrogens (tertiary/aromatic N) is 2. The molecule has 1 aliphatic carbocycles. The van der Waals surface area contributed by atoms with Gasteiger partial charge in [-0.3, -0.25) is 19.6 Å². The number of hydrogen-bond donors (Lipinski definition) is 2. The van der Waals surface area contributed by atoms with E-state index in [0.29, 0.717) is 11.3 Å². The summed E-state index contributed by atoms with van der Waals surface area (Å²) in [5.41, 5.74) is 1.20. The molecule has 6 nitrogen and oxygen atoms in total. The SMILES string of the molecule is O=C(Nc1cncc(Br)c1)c1ccnc(C(=O)NC2CCCC2)c1. The van der Waals surface area contributed by atoms with Crippen molar-refractivity contribution in [1.29, 1.82) is 0 Å². The Morgan fingerprint density at radius 1 is 1.12 bits per heavy atom. The van der Waals surface area contributed by atoms with E-state index in [9.17, 15) is 9.59 Å². The van der Waals surface area contributed by atoms with Gasteiger partial charge in [0.25, 0.3) is 11.8 Å². The molecule has 2 aromatic heterocycles. The molecule has 0 unspecified atom stereocenters. The molecule has 0 spiro atoms. The lowest BCUT2D eigenvalue weighted by Crippen LogP contribution is -2.33. The molecular weight excluding hydrogens is 372 g/mol. The maximum absolute atomic E-state index is 12.3. The summed E-state index contributed by atoms with van der Waals surface area (Å²) < 4.78 is 0.770. The number of amides is 2. The van der Waals surface area contributed by atoms with Crippen molar-refractivity contribution in [3.63, 3.8) is 0 Å². The van der Waals surface area contributed by atoms with E-state index in [1.54, 1.807) is 24.5 Å². The summed E-state index contributed by atoms with van der Waals surface area (Å²) in [6.07, 6.45) is 8.94. The summed E-state index contributed by atoms with van der Waals surface area (Å²) >= 11 is 3.30. The second-order valence-corrected chi connectivity index (χ2v) is 6.65. The first kappa shape index (κ1) is 16.6. The fraction of sp³-hybridized carbons (Fsp3) is 0.294. The van der Waals surface area contributed by atoms with Crippen LogP contribution in [0.3, 0.4) is 0 Å². The first-order valence-corrected chi connectivity index (χ1v) is 8.60. The third-order valence-electron chi connectivity index (χ3n) is 3.91. The number of rotatable bonds is 4. The first-order valence-electron chi connectivity index (χ1n) is 7.80. The van der Waals surface area contributed by atoms with Gasteiger partial charge in [-0.05, 0) is 47.0 Å². The second-order valence-electron chi connectivity index (χ2n) is 5.73. The van der Waals surface area contributed by atoms with Crippen LogP contribution in [0.2, 0.25) is 0 Å². The number of carbonyl (C=O) groups is 2. The first-order chi connectivity index (χ1) is 11.6. The normalized spacial score (nSPS) is 14.4. The van der Waals surface area contributed by atoms with E-state index in [4.69, 9.17) is 0 Å². The zero-order valence-electron chi connectivity index (χ0n) is 13.0. The number of aromatic nitrogens is 2. The summed E-state index contributed by atoms with van der Waals surface area (Å²) in [5, 5.41) is 5.72. The third kappa shape index (κ3) is 4.17. The van der Waals surface area contributed by atoms with Crippen molar-refractivity contribution in [3.8, 4) is 0 Å². The minimum atomic E-state index is -0.313. The fourth-order valence-corrected chi connectivity index (χ4v) is 3.07. The second kappa shape index (κ2) is 7.53. The fourth-order valence-electron chi connectivity index (χ4n) is 2.71. The quantitative estimate of drug-likeness (QED) is 0.842. The van der Waals surface area contributed by atoms with Gasteiger partial charge >= 0.3 is 0 Å². The van der Waals surface area contributed by atoms with E-state index in [1.165, 1.54) is 12.3 Å². The largest absolute Gasteiger partial charge is 0.348 e. The minimum absolute atomic E-state index is 0.213. The highest BCUT2D eigenvalue weighted by Crippen LogP contribution is 2.18. The van der Waals surface area contributed by atoms with Gasteiger partial charge < -0.3 is 10.6 Å². The van der Waals surface area contributed by atoms with Crippen LogP contribution in [0.1, 0.15) is 46.5 Å². The van der Waals surface area contributed by atoms with Crippen LogP contribution in [-0.2, 0) is 0 Å². The van der Waals surface area contributed by atoms with E-state index in [0.717, 1.165) is 30.2 Å². The number of pyridine rings is 2. The molecule has 3 rings (SSSR count). The van der Waals surface area contributed by atoms with Crippen molar-refractivity contribution in [2.75, 3.05) is 5.32 Å². The highest BCUT2D eigenvalue weighted by Gasteiger charge is 2.19. The zero-order valence-corrected chi connectivity index (χ0v) is 14.5. The van der Waals surface area contributed by atoms with E-state index < -0.39 is 0 Å². The molecule has 124 valence electrons. The van der Waals surface area contributed by atoms with Crippen LogP contribution in [-0.4, -0.2) is 27.8 Å². The average Bonchev–Trinajstić information content (AvgIpc) is 3.08. The molecule has 2 amide bonds. The summed E-state index contributed by atoms with van der Waals surface area (Å²) in [5.74, 6) is -0.548. The molecule has 1 saturated carbocycles. The molecule has 2 heterocycles. The number of hydrogen-bond acceptors (Lipinski definition) is 4. The van der Waals surface area contributed by atoms with Crippen LogP contribution >= 0.6 is 15.9 Å². The summed E-state index contributed by atoms with van der Waals surface area (Å²) in [6.45, 7) is 0. The van der Waals surface area contributed by atoms with Gasteiger partial charge in [0, 0.05) is 28.5 Å². The van der Waals surface area contributed by atoms with Crippen molar-refractivity contribution in [1.82, 2.24) is 15.3 Å². The van der Waals surface area contributed by atoms with Crippen LogP contribution in [0.4, 0.5) is 5.69 Å². The zero-order chi connectivity index (χ0) is 16.9. The highest BCUT2D eigenvalue weighted by atomic mass is 79.9. The molecule has 1 aliphatic rings. The van der Waals surface area contributed by atoms with Gasteiger partial charge in [0.15, 0.2) is 0 Å². The molecule has 0 aromatic carbocycles. The van der Waals surface area contributed by atoms with Crippen molar-refractivity contribution in [3.05, 3.63) is 52.5 Å². The van der Waals surface area contributed by atoms with E-state index in [2.05, 4.69) is 36.5 Å². The molecule has 0 atom stereocenters. The molecule has 7 heteroatoms. The molecule has 0 radical (unpaired) electrons. The Kier molecular flexibility index (Phi) is 5.20. The van der Waals surface area contributed by atoms with Gasteiger partial charge in [0.1, 0.15) is 5.69 Å². The lowest BCUT2D eigenvalue weighted by Gasteiger charge is -2.12. The van der Waals surface area contributed by atoms with E-state index in [-0.39, 0.29) is 23.6 Å². The van der Waals surface area contributed by atoms with Crippen molar-refractivity contribution in [2.24, 2.45) is 0 Å². The molecule has 24 heavy (non-hydrogen) atoms. The van der Waals surface area contributed by atoms with Gasteiger partial charge in [-0.1, -0.05) is 12.8 Å². The van der Waals surface area contributed by atoms with Gasteiger partial charge in [-0.15, -0.1) is 0 Å². The molecule has 0 aliphatic heterocycles. The van der Waals surface area contributed by atoms with Crippen LogP contribution in [0.15, 0.2) is 41.3 Å². The number of carbonyl (C=O) groups excluding carboxylic acids is 2. The summed E-state index contributed by atoms with van der Waals surface area (Å²) in [7, 11) is 0. The van der Waals surface area contributed by atoms with Crippen molar-refractivity contribution < 1.29 is 9.59 Å². The lowest BCUT2D eigenvalue weighted by atomic mass is 10.2. The molecule has 1 fully saturated rings. The van der Waals surface area contributed by atoms with E-state index >= 15 is 0 Å². The molecule has 2 N–H and O–H groups in total. The Balaban J connectivity index is 1.69. The van der Waals surface area contributed by atoms with Gasteiger partial charge in [0.2, 0.25) is 0 Å². The Bertz CT molecular complexity index is 760. The third-order valence-corrected chi connectivity index (χ3v) is 4.34. The molecule has 2 aromatic rings. The predicted octanol–water partition coefficient (Wildman–Crippen LogP) is 3.16. The lowest BCUT2D eigenvalue weighted by molar-refractivity contribution is 0.0933. The van der Waals surface area contributed by atoms with Crippen molar-refractivity contribution in [2.45, 2.75) is 31.7 Å². The Morgan fingerprint density at radius 3 is 2.67 bits per heavy atom. The summed E-state index contributed by atoms with van der Waals surface area (Å²) in [6, 6.07) is 5.04. The van der Waals surface area contributed by atoms with Crippen LogP contribution < -0.4 is 10.6 Å². The maximum atomic E-state index is 12.3. The number of nitrogens with one attached hydrogen (secondary N) is 2. The smallest absolute Gasteiger partial charge is 0.270 e. The standard InChI is InChI=1S/C17H17BrN4O2/c18-12-8-14(10-19-9-12)22-16(23)11-5-6-20-15(7-11)17(24)21-13-3-1-2-4-13/h5-10,13H,1-4H2,(H,21,24)(H,22,23). The average molecular weight is 389 g/mol. The van der Waals surface area contributed by atoms with Crippen LogP contribution in [0, 0.1) is 0 Å². The topological polar surface area (TPSA) is 84.0 Å². The molecular formula is C17H17BrN4O2. The van der Waals surface area contributed by atoms with Crippen LogP contribution in [0.25, 0.3) is 0 Å². The number of anilines is 1. The minimum Gasteiger partial charge on any atom is -0.348 e. The predicted molar refractivity (Wildman–Crippen MR) is 93.8 cm³/mol. The van der Waals surface area contributed by atoms with Gasteiger partial charge in [-0.25, -0.2) is 0 Å². The van der Waals surface area contributed by atoms with E-state index in [1.807, 2.05) is 0 Å².